The Hall–Kier alpha value is -6.85. The summed E-state index contributed by atoms with van der Waals surface area (Å²) in [5.74, 6) is -2.91. The van der Waals surface area contributed by atoms with Gasteiger partial charge >= 0.3 is 12.2 Å². The van der Waals surface area contributed by atoms with Gasteiger partial charge < -0.3 is 27.4 Å². The predicted octanol–water partition coefficient (Wildman–Crippen LogP) is 7.00. The number of aromatic nitrogens is 5. The summed E-state index contributed by atoms with van der Waals surface area (Å²) >= 11 is 0.570. The summed E-state index contributed by atoms with van der Waals surface area (Å²) < 4.78 is 150. The Morgan fingerprint density at radius 1 is 0.614 bits per heavy atom. The average Bonchev–Trinajstić information content (AvgIpc) is 3.27. The van der Waals surface area contributed by atoms with Gasteiger partial charge in [0, 0.05) is 23.1 Å². The minimum Gasteiger partial charge on any atom is -0.396 e. The molecule has 0 spiro atoms. The second-order valence-electron chi connectivity index (χ2n) is 12.9. The zero-order valence-corrected chi connectivity index (χ0v) is 38.1. The second kappa shape index (κ2) is 22.7. The van der Waals surface area contributed by atoms with Gasteiger partial charge in [0.05, 0.1) is 45.6 Å². The quantitative estimate of drug-likeness (QED) is 0.00380. The van der Waals surface area contributed by atoms with Crippen LogP contribution in [-0.2, 0) is 53.0 Å². The fourth-order valence-electron chi connectivity index (χ4n) is 5.36. The number of benzene rings is 4. The summed E-state index contributed by atoms with van der Waals surface area (Å²) in [7, 11) is -14.1. The lowest BCUT2D eigenvalue weighted by Crippen LogP contribution is -2.11. The smallest absolute Gasteiger partial charge is 0.315 e. The molecular formula is C33H27F3N14O15S5. The molecule has 0 unspecified atom stereocenters. The second-order valence-corrected chi connectivity index (χ2v) is 19.0. The van der Waals surface area contributed by atoms with Gasteiger partial charge in [-0.3, -0.25) is 13.3 Å². The van der Waals surface area contributed by atoms with Crippen molar-refractivity contribution in [1.29, 1.82) is 0 Å². The van der Waals surface area contributed by atoms with E-state index in [2.05, 4.69) is 80.1 Å². The van der Waals surface area contributed by atoms with Gasteiger partial charge in [0.2, 0.25) is 17.8 Å². The number of halogens is 3. The van der Waals surface area contributed by atoms with Crippen LogP contribution in [0.4, 0.5) is 82.1 Å². The first kappa shape index (κ1) is 52.5. The van der Waals surface area contributed by atoms with Crippen LogP contribution < -0.4 is 27.4 Å². The lowest BCUT2D eigenvalue weighted by Gasteiger charge is -2.12. The Balaban J connectivity index is 1.29. The zero-order chi connectivity index (χ0) is 50.8. The average molecular weight is 1080 g/mol. The van der Waals surface area contributed by atoms with Crippen molar-refractivity contribution >= 4 is 123 Å². The topological polar surface area (TPSA) is 432 Å². The number of hydrogen-bond donors (Lipinski definition) is 9. The van der Waals surface area contributed by atoms with Gasteiger partial charge in [-0.1, -0.05) is 10.1 Å². The van der Waals surface area contributed by atoms with E-state index in [1.165, 1.54) is 42.5 Å². The van der Waals surface area contributed by atoms with E-state index in [1.54, 1.807) is 0 Å². The molecule has 0 saturated carbocycles. The molecule has 0 aliphatic rings. The van der Waals surface area contributed by atoms with Gasteiger partial charge in [-0.15, -0.1) is 29.1 Å². The van der Waals surface area contributed by atoms with Crippen molar-refractivity contribution in [1.82, 2.24) is 24.9 Å². The monoisotopic (exact) mass is 1080 g/mol. The molecule has 0 fully saturated rings. The van der Waals surface area contributed by atoms with Crippen molar-refractivity contribution in [2.24, 2.45) is 20.5 Å². The third-order valence-corrected chi connectivity index (χ3v) is 12.8. The molecule has 2 heterocycles. The highest BCUT2D eigenvalue weighted by Gasteiger charge is 2.24. The molecule has 0 atom stereocenters. The Morgan fingerprint density at radius 3 is 1.86 bits per heavy atom. The summed E-state index contributed by atoms with van der Waals surface area (Å²) in [6, 6.07) is 13.1. The maximum absolute atomic E-state index is 14.7. The highest BCUT2D eigenvalue weighted by Crippen LogP contribution is 2.44. The lowest BCUT2D eigenvalue weighted by molar-refractivity contribution is -0.434. The number of hydrogen-bond acceptors (Lipinski definition) is 29. The van der Waals surface area contributed by atoms with Gasteiger partial charge in [0.25, 0.3) is 20.2 Å². The van der Waals surface area contributed by atoms with Crippen LogP contribution in [0.5, 0.6) is 0 Å². The van der Waals surface area contributed by atoms with E-state index in [0.717, 1.165) is 18.2 Å². The number of nitrogen functional groups attached to an aromatic ring is 2. The van der Waals surface area contributed by atoms with Crippen LogP contribution in [0.3, 0.4) is 0 Å². The van der Waals surface area contributed by atoms with Crippen molar-refractivity contribution in [3.05, 3.63) is 90.9 Å². The first-order valence-corrected chi connectivity index (χ1v) is 24.0. The van der Waals surface area contributed by atoms with Crippen LogP contribution in [-0.4, -0.2) is 82.2 Å². The Morgan fingerprint density at radius 2 is 1.20 bits per heavy atom. The maximum Gasteiger partial charge on any atom is 0.315 e. The van der Waals surface area contributed by atoms with Crippen LogP contribution in [0.25, 0.3) is 0 Å². The normalized spacial score (nSPS) is 12.2. The summed E-state index contributed by atoms with van der Waals surface area (Å²) in [4.78, 5) is 15.5. The van der Waals surface area contributed by atoms with E-state index in [4.69, 9.17) is 26.2 Å². The predicted molar refractivity (Wildman–Crippen MR) is 235 cm³/mol. The van der Waals surface area contributed by atoms with Gasteiger partial charge in [0.15, 0.2) is 22.2 Å². The van der Waals surface area contributed by atoms with E-state index in [9.17, 15) is 47.5 Å². The SMILES string of the molecule is Nc1c(N=Nc2cc(Nc3cc(F)nc(F)n3)ccc2S(=O)(=O)O)cc(S(=O)(=O)O)c(N)c1N=Nc1cc(Nc2nc(F)nc(Nc3ccc(S(=O)(=O)CCOSOOO)cc3)n2)ccc1SOOO. The molecular weight excluding hydrogens is 1050 g/mol. The van der Waals surface area contributed by atoms with Gasteiger partial charge in [-0.25, -0.2) is 18.9 Å². The van der Waals surface area contributed by atoms with Crippen molar-refractivity contribution in [3.8, 4) is 0 Å². The van der Waals surface area contributed by atoms with Crippen LogP contribution in [0.15, 0.2) is 113 Å². The van der Waals surface area contributed by atoms with E-state index in [-0.39, 0.29) is 57.4 Å². The molecule has 0 amide bonds. The van der Waals surface area contributed by atoms with Crippen LogP contribution >= 0.6 is 24.4 Å². The Bertz CT molecular complexity index is 3300. The van der Waals surface area contributed by atoms with Crippen LogP contribution in [0.1, 0.15) is 0 Å². The van der Waals surface area contributed by atoms with E-state index in [1.807, 2.05) is 0 Å². The molecule has 0 aliphatic carbocycles. The number of sulfone groups is 1. The van der Waals surface area contributed by atoms with Gasteiger partial charge in [0.1, 0.15) is 38.4 Å². The van der Waals surface area contributed by atoms with Crippen molar-refractivity contribution in [2.75, 3.05) is 39.8 Å². The number of nitrogens with one attached hydrogen (secondary N) is 3. The third-order valence-electron chi connectivity index (χ3n) is 8.29. The summed E-state index contributed by atoms with van der Waals surface area (Å²) in [5.41, 5.74) is 8.92. The summed E-state index contributed by atoms with van der Waals surface area (Å²) in [5, 5.41) is 47.3. The molecule has 6 rings (SSSR count). The first-order chi connectivity index (χ1) is 33.1. The molecule has 37 heteroatoms. The molecule has 0 bridgehead atoms. The molecule has 0 radical (unpaired) electrons. The molecule has 4 aromatic carbocycles. The Kier molecular flexibility index (Phi) is 17.0. The van der Waals surface area contributed by atoms with E-state index < -0.39 is 104 Å². The number of nitrogens with zero attached hydrogens (tertiary/aromatic N) is 9. The van der Waals surface area contributed by atoms with Gasteiger partial charge in [-0.2, -0.15) is 54.9 Å². The van der Waals surface area contributed by atoms with Crippen molar-refractivity contribution in [3.63, 3.8) is 0 Å². The molecule has 70 heavy (non-hydrogen) atoms. The van der Waals surface area contributed by atoms with E-state index in [0.29, 0.717) is 24.2 Å². The minimum absolute atomic E-state index is 0.0105. The fourth-order valence-corrected chi connectivity index (χ4v) is 8.42. The highest BCUT2D eigenvalue weighted by molar-refractivity contribution is 7.94. The fraction of sp³-hybridized carbons (Fsp3) is 0.0606. The molecule has 0 saturated heterocycles. The molecule has 0 aliphatic heterocycles. The van der Waals surface area contributed by atoms with Crippen LogP contribution in [0.2, 0.25) is 0 Å². The number of nitrogens with two attached hydrogens (primary N) is 2. The van der Waals surface area contributed by atoms with Gasteiger partial charge in [-0.05, 0) is 66.7 Å². The molecule has 6 aromatic rings. The highest BCUT2D eigenvalue weighted by atomic mass is 32.2. The molecule has 370 valence electrons. The summed E-state index contributed by atoms with van der Waals surface area (Å²) in [6.07, 6.45) is -2.73. The van der Waals surface area contributed by atoms with E-state index >= 15 is 0 Å². The molecule has 2 aromatic heterocycles. The lowest BCUT2D eigenvalue weighted by atomic mass is 10.2. The number of rotatable bonds is 22. The number of anilines is 8. The van der Waals surface area contributed by atoms with Crippen molar-refractivity contribution < 1.29 is 81.0 Å². The molecule has 29 nitrogen and oxygen atoms in total. The maximum atomic E-state index is 14.7. The minimum atomic E-state index is -5.22. The third kappa shape index (κ3) is 14.1. The largest absolute Gasteiger partial charge is 0.396 e. The Labute approximate surface area is 398 Å². The zero-order valence-electron chi connectivity index (χ0n) is 34.0. The summed E-state index contributed by atoms with van der Waals surface area (Å²) in [6.45, 7) is -0.328. The first-order valence-electron chi connectivity index (χ1n) is 18.1. The number of azo groups is 2. The standard InChI is InChI=1S/C33H27F3N14O15S5/c34-25-14-26(43-30(35)42-25)39-16-4-8-23(69(55,56)57)20(12-16)48-49-21-13-24(70(58,59)60)28(38)29(27(21)37)50-47-19-11-17(3-7-22(19)66-64-62-51)41-33-45-31(36)44-32(46-33)40-15-1-5-18(6-2-15)68(53,54)10-9-61-67-65-63-52/h1-8,11-14,51-52H,9-10,37-38H2,(H,39,42,43)(H,55,56,57)(H,58,59,60)(H2,40,41,44,45,46). The van der Waals surface area contributed by atoms with Crippen molar-refractivity contribution in [2.45, 2.75) is 19.6 Å². The molecule has 11 N–H and O–H groups in total. The van der Waals surface area contributed by atoms with Crippen LogP contribution in [0, 0.1) is 18.1 Å².